The Morgan fingerprint density at radius 1 is 1.32 bits per heavy atom. The van der Waals surface area contributed by atoms with E-state index in [0.717, 1.165) is 30.2 Å². The van der Waals surface area contributed by atoms with Gasteiger partial charge >= 0.3 is 0 Å². The van der Waals surface area contributed by atoms with Crippen LogP contribution in [0, 0.1) is 23.0 Å². The fourth-order valence-corrected chi connectivity index (χ4v) is 2.98. The van der Waals surface area contributed by atoms with Gasteiger partial charge in [0.15, 0.2) is 0 Å². The van der Waals surface area contributed by atoms with Crippen molar-refractivity contribution in [2.45, 2.75) is 32.4 Å². The van der Waals surface area contributed by atoms with Gasteiger partial charge in [0, 0.05) is 24.2 Å². The van der Waals surface area contributed by atoms with E-state index in [1.54, 1.807) is 6.07 Å². The van der Waals surface area contributed by atoms with Crippen LogP contribution in [0.15, 0.2) is 24.3 Å². The molecule has 112 valence electrons. The lowest BCUT2D eigenvalue weighted by molar-refractivity contribution is 0.535. The summed E-state index contributed by atoms with van der Waals surface area (Å²) in [4.78, 5) is 4.32. The average Bonchev–Trinajstić information content (AvgIpc) is 2.90. The fraction of sp³-hybridized carbons (Fsp3) is 0.294. The van der Waals surface area contributed by atoms with Crippen LogP contribution in [0.3, 0.4) is 0 Å². The number of hydrogen-bond acceptors (Lipinski definition) is 3. The van der Waals surface area contributed by atoms with Crippen molar-refractivity contribution in [2.24, 2.45) is 0 Å². The van der Waals surface area contributed by atoms with Gasteiger partial charge in [0.25, 0.3) is 0 Å². The molecule has 0 bridgehead atoms. The molecule has 1 aromatic carbocycles. The number of fused-ring (bicyclic) bond motifs is 1. The van der Waals surface area contributed by atoms with E-state index in [9.17, 15) is 8.78 Å². The van der Waals surface area contributed by atoms with E-state index >= 15 is 0 Å². The highest BCUT2D eigenvalue weighted by Gasteiger charge is 2.28. The highest BCUT2D eigenvalue weighted by Crippen LogP contribution is 2.37. The van der Waals surface area contributed by atoms with E-state index in [4.69, 9.17) is 5.26 Å². The predicted octanol–water partition coefficient (Wildman–Crippen LogP) is 3.84. The SMILES string of the molecule is CCCC1NCc2nc(C#N)cc(-c3ccc(F)cc3F)c21. The summed E-state index contributed by atoms with van der Waals surface area (Å²) in [7, 11) is 0. The molecule has 1 atom stereocenters. The first-order valence-corrected chi connectivity index (χ1v) is 7.26. The zero-order valence-corrected chi connectivity index (χ0v) is 12.2. The zero-order valence-electron chi connectivity index (χ0n) is 12.2. The molecule has 0 saturated heterocycles. The zero-order chi connectivity index (χ0) is 15.7. The number of rotatable bonds is 3. The van der Waals surface area contributed by atoms with Crippen LogP contribution in [0.25, 0.3) is 11.1 Å². The van der Waals surface area contributed by atoms with Gasteiger partial charge in [0.1, 0.15) is 23.4 Å². The minimum Gasteiger partial charge on any atom is -0.304 e. The molecule has 22 heavy (non-hydrogen) atoms. The molecule has 1 aromatic heterocycles. The lowest BCUT2D eigenvalue weighted by Gasteiger charge is -2.16. The third-order valence-electron chi connectivity index (χ3n) is 3.92. The third kappa shape index (κ3) is 2.46. The van der Waals surface area contributed by atoms with E-state index in [0.29, 0.717) is 17.7 Å². The summed E-state index contributed by atoms with van der Waals surface area (Å²) in [6, 6.07) is 7.20. The first kappa shape index (κ1) is 14.6. The van der Waals surface area contributed by atoms with Gasteiger partial charge in [-0.25, -0.2) is 13.8 Å². The molecule has 1 aliphatic heterocycles. The number of aromatic nitrogens is 1. The van der Waals surface area contributed by atoms with E-state index < -0.39 is 11.6 Å². The summed E-state index contributed by atoms with van der Waals surface area (Å²) < 4.78 is 27.4. The van der Waals surface area contributed by atoms with Crippen molar-refractivity contribution in [3.05, 3.63) is 52.9 Å². The Morgan fingerprint density at radius 2 is 2.14 bits per heavy atom. The Labute approximate surface area is 127 Å². The molecule has 5 heteroatoms. The van der Waals surface area contributed by atoms with Crippen LogP contribution in [-0.4, -0.2) is 4.98 Å². The molecule has 0 amide bonds. The van der Waals surface area contributed by atoms with Gasteiger partial charge in [-0.1, -0.05) is 13.3 Å². The summed E-state index contributed by atoms with van der Waals surface area (Å²) in [6.07, 6.45) is 1.87. The second-order valence-corrected chi connectivity index (χ2v) is 5.37. The number of nitrogens with zero attached hydrogens (tertiary/aromatic N) is 2. The smallest absolute Gasteiger partial charge is 0.141 e. The van der Waals surface area contributed by atoms with Crippen molar-refractivity contribution in [3.8, 4) is 17.2 Å². The minimum absolute atomic E-state index is 0.0831. The first-order chi connectivity index (χ1) is 10.6. The van der Waals surface area contributed by atoms with Gasteiger partial charge in [0.2, 0.25) is 0 Å². The van der Waals surface area contributed by atoms with Crippen LogP contribution in [0.1, 0.15) is 42.8 Å². The average molecular weight is 299 g/mol. The highest BCUT2D eigenvalue weighted by atomic mass is 19.1. The minimum atomic E-state index is -0.626. The standard InChI is InChI=1S/C17H15F2N3/c1-2-3-15-17-13(12-5-4-10(18)6-14(12)19)7-11(8-20)22-16(17)9-21-15/h4-7,15,21H,2-3,9H2,1H3. The molecule has 0 aliphatic carbocycles. The quantitative estimate of drug-likeness (QED) is 0.936. The maximum Gasteiger partial charge on any atom is 0.141 e. The molecule has 1 aliphatic rings. The molecular formula is C17H15F2N3. The van der Waals surface area contributed by atoms with Gasteiger partial charge in [-0.05, 0) is 35.7 Å². The molecule has 3 nitrogen and oxygen atoms in total. The van der Waals surface area contributed by atoms with Crippen molar-refractivity contribution >= 4 is 0 Å². The second-order valence-electron chi connectivity index (χ2n) is 5.37. The van der Waals surface area contributed by atoms with Crippen LogP contribution in [0.5, 0.6) is 0 Å². The number of benzene rings is 1. The van der Waals surface area contributed by atoms with E-state index in [1.807, 2.05) is 6.07 Å². The number of pyridine rings is 1. The lowest BCUT2D eigenvalue weighted by atomic mass is 9.93. The number of hydrogen-bond donors (Lipinski definition) is 1. The van der Waals surface area contributed by atoms with Crippen molar-refractivity contribution in [3.63, 3.8) is 0 Å². The molecule has 2 heterocycles. The number of nitriles is 1. The molecule has 1 unspecified atom stereocenters. The molecule has 0 radical (unpaired) electrons. The maximum absolute atomic E-state index is 14.2. The lowest BCUT2D eigenvalue weighted by Crippen LogP contribution is -2.12. The van der Waals surface area contributed by atoms with Gasteiger partial charge in [-0.2, -0.15) is 5.26 Å². The summed E-state index contributed by atoms with van der Waals surface area (Å²) in [5.74, 6) is -1.24. The monoisotopic (exact) mass is 299 g/mol. The third-order valence-corrected chi connectivity index (χ3v) is 3.92. The second kappa shape index (κ2) is 5.82. The molecule has 0 spiro atoms. The summed E-state index contributed by atoms with van der Waals surface area (Å²) in [5, 5.41) is 12.5. The van der Waals surface area contributed by atoms with Crippen LogP contribution >= 0.6 is 0 Å². The van der Waals surface area contributed by atoms with Gasteiger partial charge in [0.05, 0.1) is 5.69 Å². The summed E-state index contributed by atoms with van der Waals surface area (Å²) >= 11 is 0. The summed E-state index contributed by atoms with van der Waals surface area (Å²) in [5.41, 5.74) is 2.88. The van der Waals surface area contributed by atoms with Gasteiger partial charge < -0.3 is 5.32 Å². The molecule has 0 fully saturated rings. The molecule has 2 aromatic rings. The van der Waals surface area contributed by atoms with Crippen molar-refractivity contribution in [1.82, 2.24) is 10.3 Å². The topological polar surface area (TPSA) is 48.7 Å². The Bertz CT molecular complexity index is 765. The largest absolute Gasteiger partial charge is 0.304 e. The molecular weight excluding hydrogens is 284 g/mol. The van der Waals surface area contributed by atoms with E-state index in [1.165, 1.54) is 12.1 Å². The highest BCUT2D eigenvalue weighted by molar-refractivity contribution is 5.71. The van der Waals surface area contributed by atoms with Crippen LogP contribution < -0.4 is 5.32 Å². The normalized spacial score (nSPS) is 16.4. The first-order valence-electron chi connectivity index (χ1n) is 7.26. The Morgan fingerprint density at radius 3 is 2.82 bits per heavy atom. The predicted molar refractivity (Wildman–Crippen MR) is 78.8 cm³/mol. The maximum atomic E-state index is 14.2. The molecule has 3 rings (SSSR count). The van der Waals surface area contributed by atoms with Crippen molar-refractivity contribution < 1.29 is 8.78 Å². The van der Waals surface area contributed by atoms with E-state index in [2.05, 4.69) is 17.2 Å². The molecule has 0 saturated carbocycles. The van der Waals surface area contributed by atoms with Gasteiger partial charge in [-0.3, -0.25) is 0 Å². The van der Waals surface area contributed by atoms with Crippen LogP contribution in [-0.2, 0) is 6.54 Å². The Balaban J connectivity index is 2.22. The van der Waals surface area contributed by atoms with Crippen LogP contribution in [0.4, 0.5) is 8.78 Å². The summed E-state index contributed by atoms with van der Waals surface area (Å²) in [6.45, 7) is 2.64. The number of halogens is 2. The van der Waals surface area contributed by atoms with E-state index in [-0.39, 0.29) is 11.7 Å². The van der Waals surface area contributed by atoms with Gasteiger partial charge in [-0.15, -0.1) is 0 Å². The molecule has 1 N–H and O–H groups in total. The number of nitrogens with one attached hydrogen (secondary N) is 1. The Hall–Kier alpha value is -2.32. The van der Waals surface area contributed by atoms with Crippen molar-refractivity contribution in [1.29, 1.82) is 5.26 Å². The fourth-order valence-electron chi connectivity index (χ4n) is 2.98. The van der Waals surface area contributed by atoms with Crippen LogP contribution in [0.2, 0.25) is 0 Å². The van der Waals surface area contributed by atoms with Crippen molar-refractivity contribution in [2.75, 3.05) is 0 Å². The Kier molecular flexibility index (Phi) is 3.86.